The van der Waals surface area contributed by atoms with Crippen molar-refractivity contribution < 1.29 is 9.18 Å². The van der Waals surface area contributed by atoms with Crippen LogP contribution < -0.4 is 10.9 Å². The van der Waals surface area contributed by atoms with Gasteiger partial charge in [0, 0.05) is 5.92 Å². The van der Waals surface area contributed by atoms with Gasteiger partial charge in [0.25, 0.3) is 0 Å². The minimum Gasteiger partial charge on any atom is -0.291 e. The van der Waals surface area contributed by atoms with Gasteiger partial charge in [0.1, 0.15) is 5.82 Å². The molecule has 2 rings (SSSR count). The fourth-order valence-electron chi connectivity index (χ4n) is 2.02. The maximum Gasteiger partial charge on any atom is 0.237 e. The van der Waals surface area contributed by atoms with Crippen molar-refractivity contribution in [1.82, 2.24) is 15.8 Å². The maximum atomic E-state index is 12.6. The molecule has 1 aromatic rings. The van der Waals surface area contributed by atoms with E-state index < -0.39 is 0 Å². The van der Waals surface area contributed by atoms with Crippen LogP contribution in [0.25, 0.3) is 0 Å². The lowest BCUT2D eigenvalue weighted by Gasteiger charge is -2.10. The lowest BCUT2D eigenvalue weighted by Crippen LogP contribution is -2.40. The van der Waals surface area contributed by atoms with Gasteiger partial charge >= 0.3 is 0 Å². The van der Waals surface area contributed by atoms with E-state index in [1.807, 2.05) is 0 Å². The van der Waals surface area contributed by atoms with E-state index in [1.165, 1.54) is 6.07 Å². The lowest BCUT2D eigenvalue weighted by atomic mass is 10.1. The molecule has 2 N–H and O–H groups in total. The average Bonchev–Trinajstić information content (AvgIpc) is 2.85. The number of hydrazine groups is 1. The molecule has 4 nitrogen and oxygen atoms in total. The van der Waals surface area contributed by atoms with Gasteiger partial charge in [-0.15, -0.1) is 0 Å². The van der Waals surface area contributed by atoms with E-state index in [1.54, 1.807) is 6.07 Å². The van der Waals surface area contributed by atoms with E-state index in [0.717, 1.165) is 31.9 Å². The van der Waals surface area contributed by atoms with Crippen molar-refractivity contribution in [3.05, 3.63) is 29.8 Å². The second-order valence-electron chi connectivity index (χ2n) is 4.29. The highest BCUT2D eigenvalue weighted by Gasteiger charge is 2.22. The van der Waals surface area contributed by atoms with Crippen LogP contribution in [0.3, 0.4) is 0 Å². The summed E-state index contributed by atoms with van der Waals surface area (Å²) in [4.78, 5) is 15.5. The number of nitrogens with one attached hydrogen (secondary N) is 2. The molecular weight excluding hydrogens is 221 g/mol. The van der Waals surface area contributed by atoms with Gasteiger partial charge in [-0.1, -0.05) is 12.8 Å². The first-order valence-electron chi connectivity index (χ1n) is 5.89. The van der Waals surface area contributed by atoms with Crippen LogP contribution in [-0.4, -0.2) is 10.9 Å². The topological polar surface area (TPSA) is 54.0 Å². The number of rotatable bonds is 4. The molecule has 0 radical (unpaired) electrons. The molecule has 1 aromatic heterocycles. The van der Waals surface area contributed by atoms with Crippen LogP contribution in [0.4, 0.5) is 4.39 Å². The van der Waals surface area contributed by atoms with Crippen LogP contribution >= 0.6 is 0 Å². The fourth-order valence-corrected chi connectivity index (χ4v) is 2.02. The number of hydrogen-bond donors (Lipinski definition) is 2. The maximum absolute atomic E-state index is 12.6. The van der Waals surface area contributed by atoms with Crippen LogP contribution in [0, 0.1) is 11.7 Å². The molecule has 1 aliphatic carbocycles. The largest absolute Gasteiger partial charge is 0.291 e. The van der Waals surface area contributed by atoms with Gasteiger partial charge in [0.05, 0.1) is 18.4 Å². The molecule has 92 valence electrons. The van der Waals surface area contributed by atoms with Crippen molar-refractivity contribution in [2.45, 2.75) is 32.2 Å². The first-order chi connectivity index (χ1) is 8.25. The second kappa shape index (κ2) is 5.72. The van der Waals surface area contributed by atoms with Crippen LogP contribution in [0.2, 0.25) is 0 Å². The number of nitrogens with zero attached hydrogens (tertiary/aromatic N) is 1. The normalized spacial score (nSPS) is 16.1. The first kappa shape index (κ1) is 12.0. The number of carbonyl (C=O) groups excluding carboxylic acids is 1. The molecule has 17 heavy (non-hydrogen) atoms. The molecule has 5 heteroatoms. The molecule has 0 spiro atoms. The van der Waals surface area contributed by atoms with Crippen molar-refractivity contribution >= 4 is 5.91 Å². The molecule has 0 bridgehead atoms. The van der Waals surface area contributed by atoms with Crippen LogP contribution in [0.5, 0.6) is 0 Å². The predicted molar refractivity (Wildman–Crippen MR) is 61.1 cm³/mol. The number of pyridine rings is 1. The summed E-state index contributed by atoms with van der Waals surface area (Å²) >= 11 is 0. The van der Waals surface area contributed by atoms with Gasteiger partial charge in [-0.05, 0) is 25.0 Å². The molecule has 0 aliphatic heterocycles. The Bertz CT molecular complexity index is 374. The van der Waals surface area contributed by atoms with E-state index in [2.05, 4.69) is 15.8 Å². The molecule has 1 heterocycles. The number of halogens is 1. The zero-order chi connectivity index (χ0) is 12.1. The van der Waals surface area contributed by atoms with Gasteiger partial charge in [0.15, 0.2) is 0 Å². The number of carbonyl (C=O) groups is 1. The standard InChI is InChI=1S/C12H16FN3O/c13-10-5-6-11(14-7-10)8-15-16-12(17)9-3-1-2-4-9/h5-7,9,15H,1-4,8H2,(H,16,17). The summed E-state index contributed by atoms with van der Waals surface area (Å²) in [6.07, 6.45) is 5.38. The van der Waals surface area contributed by atoms with Crippen LogP contribution in [0.1, 0.15) is 31.4 Å². The van der Waals surface area contributed by atoms with Crippen molar-refractivity contribution in [1.29, 1.82) is 0 Å². The highest BCUT2D eigenvalue weighted by molar-refractivity contribution is 5.78. The Morgan fingerprint density at radius 2 is 2.18 bits per heavy atom. The number of hydrogen-bond acceptors (Lipinski definition) is 3. The quantitative estimate of drug-likeness (QED) is 0.781. The van der Waals surface area contributed by atoms with Crippen molar-refractivity contribution in [3.8, 4) is 0 Å². The Morgan fingerprint density at radius 3 is 2.82 bits per heavy atom. The zero-order valence-electron chi connectivity index (χ0n) is 9.58. The molecule has 0 aromatic carbocycles. The second-order valence-corrected chi connectivity index (χ2v) is 4.29. The van der Waals surface area contributed by atoms with E-state index in [9.17, 15) is 9.18 Å². The predicted octanol–water partition coefficient (Wildman–Crippen LogP) is 1.53. The Balaban J connectivity index is 1.72. The van der Waals surface area contributed by atoms with E-state index in [-0.39, 0.29) is 17.6 Å². The van der Waals surface area contributed by atoms with E-state index in [4.69, 9.17) is 0 Å². The summed E-state index contributed by atoms with van der Waals surface area (Å²) in [5.74, 6) is -0.169. The number of aromatic nitrogens is 1. The van der Waals surface area contributed by atoms with Crippen molar-refractivity contribution in [2.75, 3.05) is 0 Å². The summed E-state index contributed by atoms with van der Waals surface area (Å²) in [5.41, 5.74) is 6.17. The SMILES string of the molecule is O=C(NNCc1ccc(F)cn1)C1CCCC1. The third-order valence-corrected chi connectivity index (χ3v) is 3.00. The molecule has 1 saturated carbocycles. The summed E-state index contributed by atoms with van der Waals surface area (Å²) in [6, 6.07) is 2.94. The van der Waals surface area contributed by atoms with Gasteiger partial charge in [-0.25, -0.2) is 9.82 Å². The highest BCUT2D eigenvalue weighted by atomic mass is 19.1. The van der Waals surface area contributed by atoms with E-state index >= 15 is 0 Å². The van der Waals surface area contributed by atoms with Crippen molar-refractivity contribution in [3.63, 3.8) is 0 Å². The molecule has 1 aliphatic rings. The Labute approximate surface area is 99.6 Å². The number of amides is 1. The molecule has 0 saturated heterocycles. The lowest BCUT2D eigenvalue weighted by molar-refractivity contribution is -0.125. The monoisotopic (exact) mass is 237 g/mol. The minimum absolute atomic E-state index is 0.0459. The summed E-state index contributed by atoms with van der Waals surface area (Å²) in [7, 11) is 0. The Kier molecular flexibility index (Phi) is 4.03. The zero-order valence-corrected chi connectivity index (χ0v) is 9.58. The molecule has 1 amide bonds. The minimum atomic E-state index is -0.358. The van der Waals surface area contributed by atoms with Gasteiger partial charge in [-0.3, -0.25) is 15.2 Å². The Hall–Kier alpha value is -1.49. The van der Waals surface area contributed by atoms with Gasteiger partial charge < -0.3 is 0 Å². The molecule has 0 unspecified atom stereocenters. The smallest absolute Gasteiger partial charge is 0.237 e. The first-order valence-corrected chi connectivity index (χ1v) is 5.89. The summed E-state index contributed by atoms with van der Waals surface area (Å²) in [5, 5.41) is 0. The molecule has 0 atom stereocenters. The highest BCUT2D eigenvalue weighted by Crippen LogP contribution is 2.24. The third-order valence-electron chi connectivity index (χ3n) is 3.00. The van der Waals surface area contributed by atoms with Crippen LogP contribution in [0.15, 0.2) is 18.3 Å². The van der Waals surface area contributed by atoms with Crippen molar-refractivity contribution in [2.24, 2.45) is 5.92 Å². The van der Waals surface area contributed by atoms with Gasteiger partial charge in [0.2, 0.25) is 5.91 Å². The fraction of sp³-hybridized carbons (Fsp3) is 0.500. The van der Waals surface area contributed by atoms with Gasteiger partial charge in [-0.2, -0.15) is 0 Å². The van der Waals surface area contributed by atoms with Crippen LogP contribution in [-0.2, 0) is 11.3 Å². The third kappa shape index (κ3) is 3.49. The van der Waals surface area contributed by atoms with E-state index in [0.29, 0.717) is 12.2 Å². The molecular formula is C12H16FN3O. The average molecular weight is 237 g/mol. The summed E-state index contributed by atoms with van der Waals surface area (Å²) < 4.78 is 12.6. The summed E-state index contributed by atoms with van der Waals surface area (Å²) in [6.45, 7) is 0.402. The molecule has 1 fully saturated rings. The Morgan fingerprint density at radius 1 is 1.41 bits per heavy atom.